The summed E-state index contributed by atoms with van der Waals surface area (Å²) < 4.78 is 11.7. The zero-order valence-corrected chi connectivity index (χ0v) is 13.0. The molecule has 0 spiro atoms. The second-order valence-electron chi connectivity index (χ2n) is 5.39. The second kappa shape index (κ2) is 6.46. The van der Waals surface area contributed by atoms with Gasteiger partial charge in [0.05, 0.1) is 12.6 Å². The van der Waals surface area contributed by atoms with Crippen LogP contribution >= 0.6 is 0 Å². The Bertz CT molecular complexity index is 462. The van der Waals surface area contributed by atoms with E-state index in [1.807, 2.05) is 6.92 Å². The summed E-state index contributed by atoms with van der Waals surface area (Å²) in [5, 5.41) is 0. The van der Waals surface area contributed by atoms with Crippen LogP contribution in [0.5, 0.6) is 11.5 Å². The van der Waals surface area contributed by atoms with Gasteiger partial charge >= 0.3 is 0 Å². The topological polar surface area (TPSA) is 47.7 Å². The maximum atomic E-state index is 5.98. The normalized spacial score (nSPS) is 18.8. The van der Waals surface area contributed by atoms with Crippen LogP contribution < -0.4 is 15.2 Å². The van der Waals surface area contributed by atoms with E-state index in [1.54, 1.807) is 0 Å². The van der Waals surface area contributed by atoms with Gasteiger partial charge in [-0.1, -0.05) is 6.92 Å². The van der Waals surface area contributed by atoms with Crippen LogP contribution in [0.15, 0.2) is 12.1 Å². The summed E-state index contributed by atoms with van der Waals surface area (Å²) >= 11 is 0. The number of fused-ring (bicyclic) bond motifs is 1. The molecule has 0 radical (unpaired) electrons. The SMILES string of the molecule is CCOc1cc2c(cc1C(CN)N(C)CC)OC(C)C2. The highest BCUT2D eigenvalue weighted by Gasteiger charge is 2.25. The largest absolute Gasteiger partial charge is 0.494 e. The van der Waals surface area contributed by atoms with Gasteiger partial charge in [0.15, 0.2) is 0 Å². The van der Waals surface area contributed by atoms with Crippen LogP contribution in [0.1, 0.15) is 37.9 Å². The first kappa shape index (κ1) is 15.1. The van der Waals surface area contributed by atoms with Gasteiger partial charge in [-0.15, -0.1) is 0 Å². The minimum atomic E-state index is 0.159. The van der Waals surface area contributed by atoms with Crippen LogP contribution in [0.25, 0.3) is 0 Å². The third-order valence-electron chi connectivity index (χ3n) is 3.94. The van der Waals surface area contributed by atoms with E-state index < -0.39 is 0 Å². The molecule has 2 N–H and O–H groups in total. The minimum Gasteiger partial charge on any atom is -0.494 e. The van der Waals surface area contributed by atoms with Crippen molar-refractivity contribution >= 4 is 0 Å². The number of hydrogen-bond acceptors (Lipinski definition) is 4. The number of hydrogen-bond donors (Lipinski definition) is 1. The second-order valence-corrected chi connectivity index (χ2v) is 5.39. The Balaban J connectivity index is 2.42. The first-order chi connectivity index (χ1) is 9.60. The summed E-state index contributed by atoms with van der Waals surface area (Å²) in [6.45, 7) is 8.42. The number of nitrogens with zero attached hydrogens (tertiary/aromatic N) is 1. The van der Waals surface area contributed by atoms with Gasteiger partial charge in [0, 0.05) is 24.1 Å². The third-order valence-corrected chi connectivity index (χ3v) is 3.94. The Labute approximate surface area is 121 Å². The van der Waals surface area contributed by atoms with Crippen molar-refractivity contribution in [2.45, 2.75) is 39.3 Å². The fraction of sp³-hybridized carbons (Fsp3) is 0.625. The lowest BCUT2D eigenvalue weighted by Gasteiger charge is -2.28. The summed E-state index contributed by atoms with van der Waals surface area (Å²) in [4.78, 5) is 2.24. The zero-order valence-electron chi connectivity index (χ0n) is 13.0. The molecule has 1 heterocycles. The van der Waals surface area contributed by atoms with Crippen LogP contribution in [-0.4, -0.2) is 37.7 Å². The predicted octanol–water partition coefficient (Wildman–Crippen LogP) is 2.36. The number of nitrogens with two attached hydrogens (primary N) is 1. The van der Waals surface area contributed by atoms with Gasteiger partial charge in [0.25, 0.3) is 0 Å². The molecule has 0 fully saturated rings. The zero-order chi connectivity index (χ0) is 14.7. The molecule has 1 aromatic carbocycles. The van der Waals surface area contributed by atoms with Gasteiger partial charge in [-0.25, -0.2) is 0 Å². The number of ether oxygens (including phenoxy) is 2. The molecular formula is C16H26N2O2. The molecule has 4 heteroatoms. The van der Waals surface area contributed by atoms with Crippen LogP contribution in [0, 0.1) is 0 Å². The smallest absolute Gasteiger partial charge is 0.124 e. The van der Waals surface area contributed by atoms with E-state index in [4.69, 9.17) is 15.2 Å². The Hall–Kier alpha value is -1.26. The quantitative estimate of drug-likeness (QED) is 0.868. The number of rotatable bonds is 6. The molecule has 1 aromatic rings. The standard InChI is InChI=1S/C16H26N2O2/c1-5-18(4)14(10-17)13-9-15-12(7-11(3)20-15)8-16(13)19-6-2/h8-9,11,14H,5-7,10,17H2,1-4H3. The maximum Gasteiger partial charge on any atom is 0.124 e. The summed E-state index contributed by atoms with van der Waals surface area (Å²) in [5.41, 5.74) is 8.35. The van der Waals surface area contributed by atoms with Crippen LogP contribution in [-0.2, 0) is 6.42 Å². The van der Waals surface area contributed by atoms with E-state index >= 15 is 0 Å². The molecule has 1 aliphatic heterocycles. The Morgan fingerprint density at radius 2 is 2.20 bits per heavy atom. The van der Waals surface area contributed by atoms with Crippen LogP contribution in [0.3, 0.4) is 0 Å². The molecule has 0 saturated carbocycles. The number of benzene rings is 1. The van der Waals surface area contributed by atoms with Gasteiger partial charge in [-0.3, -0.25) is 4.90 Å². The Kier molecular flexibility index (Phi) is 4.89. The van der Waals surface area contributed by atoms with Gasteiger partial charge in [0.1, 0.15) is 17.6 Å². The van der Waals surface area contributed by atoms with E-state index in [0.29, 0.717) is 13.2 Å². The van der Waals surface area contributed by atoms with Crippen molar-refractivity contribution in [1.82, 2.24) is 4.90 Å². The fourth-order valence-corrected chi connectivity index (χ4v) is 2.76. The molecule has 112 valence electrons. The lowest BCUT2D eigenvalue weighted by Crippen LogP contribution is -2.30. The molecular weight excluding hydrogens is 252 g/mol. The summed E-state index contributed by atoms with van der Waals surface area (Å²) in [6, 6.07) is 4.41. The average Bonchev–Trinajstić information content (AvgIpc) is 2.79. The third kappa shape index (κ3) is 2.91. The van der Waals surface area contributed by atoms with E-state index in [2.05, 4.69) is 37.9 Å². The Morgan fingerprint density at radius 3 is 2.80 bits per heavy atom. The van der Waals surface area contributed by atoms with E-state index in [9.17, 15) is 0 Å². The van der Waals surface area contributed by atoms with Crippen molar-refractivity contribution in [1.29, 1.82) is 0 Å². The first-order valence-electron chi connectivity index (χ1n) is 7.47. The highest BCUT2D eigenvalue weighted by molar-refractivity contribution is 5.50. The van der Waals surface area contributed by atoms with E-state index in [1.165, 1.54) is 5.56 Å². The van der Waals surface area contributed by atoms with Crippen molar-refractivity contribution in [2.75, 3.05) is 26.7 Å². The molecule has 0 amide bonds. The highest BCUT2D eigenvalue weighted by atomic mass is 16.5. The van der Waals surface area contributed by atoms with Gasteiger partial charge in [0.2, 0.25) is 0 Å². The molecule has 0 aliphatic carbocycles. The maximum absolute atomic E-state index is 5.98. The van der Waals surface area contributed by atoms with Crippen LogP contribution in [0.4, 0.5) is 0 Å². The first-order valence-corrected chi connectivity index (χ1v) is 7.47. The monoisotopic (exact) mass is 278 g/mol. The summed E-state index contributed by atoms with van der Waals surface area (Å²) in [6.07, 6.45) is 1.20. The molecule has 20 heavy (non-hydrogen) atoms. The van der Waals surface area contributed by atoms with Crippen molar-refractivity contribution < 1.29 is 9.47 Å². The number of likely N-dealkylation sites (N-methyl/N-ethyl adjacent to an activating group) is 1. The average molecular weight is 278 g/mol. The lowest BCUT2D eigenvalue weighted by atomic mass is 10.00. The molecule has 0 aromatic heterocycles. The van der Waals surface area contributed by atoms with Gasteiger partial charge in [-0.2, -0.15) is 0 Å². The predicted molar refractivity (Wildman–Crippen MR) is 81.5 cm³/mol. The van der Waals surface area contributed by atoms with Gasteiger partial charge in [-0.05, 0) is 39.6 Å². The molecule has 0 saturated heterocycles. The van der Waals surface area contributed by atoms with Crippen molar-refractivity contribution in [3.05, 3.63) is 23.3 Å². The van der Waals surface area contributed by atoms with Crippen LogP contribution in [0.2, 0.25) is 0 Å². The molecule has 1 aliphatic rings. The van der Waals surface area contributed by atoms with E-state index in [0.717, 1.165) is 30.0 Å². The summed E-state index contributed by atoms with van der Waals surface area (Å²) in [7, 11) is 2.09. The van der Waals surface area contributed by atoms with Crippen molar-refractivity contribution in [3.63, 3.8) is 0 Å². The minimum absolute atomic E-state index is 0.159. The molecule has 2 rings (SSSR count). The molecule has 2 atom stereocenters. The molecule has 4 nitrogen and oxygen atoms in total. The van der Waals surface area contributed by atoms with Gasteiger partial charge < -0.3 is 15.2 Å². The fourth-order valence-electron chi connectivity index (χ4n) is 2.76. The summed E-state index contributed by atoms with van der Waals surface area (Å²) in [5.74, 6) is 1.93. The van der Waals surface area contributed by atoms with Crippen molar-refractivity contribution in [3.8, 4) is 11.5 Å². The lowest BCUT2D eigenvalue weighted by molar-refractivity contribution is 0.244. The molecule has 0 bridgehead atoms. The van der Waals surface area contributed by atoms with Crippen molar-refractivity contribution in [2.24, 2.45) is 5.73 Å². The van der Waals surface area contributed by atoms with E-state index in [-0.39, 0.29) is 12.1 Å². The highest BCUT2D eigenvalue weighted by Crippen LogP contribution is 2.38. The molecule has 2 unspecified atom stereocenters. The Morgan fingerprint density at radius 1 is 1.45 bits per heavy atom.